The van der Waals surface area contributed by atoms with Gasteiger partial charge in [-0.25, -0.2) is 19.2 Å². The van der Waals surface area contributed by atoms with Gasteiger partial charge in [0.05, 0.1) is 19.3 Å². The molecular formula is C26H27FN8O6. The van der Waals surface area contributed by atoms with Gasteiger partial charge in [-0.1, -0.05) is 0 Å². The molecule has 0 radical (unpaired) electrons. The molecule has 4 rings (SSSR count). The Kier molecular flexibility index (Phi) is 8.88. The van der Waals surface area contributed by atoms with Gasteiger partial charge in [-0.3, -0.25) is 15.2 Å². The number of amidine groups is 1. The molecule has 41 heavy (non-hydrogen) atoms. The first-order chi connectivity index (χ1) is 19.7. The molecule has 214 valence electrons. The maximum absolute atomic E-state index is 16.0. The van der Waals surface area contributed by atoms with Gasteiger partial charge < -0.3 is 30.4 Å². The van der Waals surface area contributed by atoms with Crippen molar-refractivity contribution >= 4 is 17.5 Å². The summed E-state index contributed by atoms with van der Waals surface area (Å²) in [5.41, 5.74) is 5.38. The fourth-order valence-electron chi connectivity index (χ4n) is 3.81. The highest BCUT2D eigenvalue weighted by atomic mass is 19.1. The van der Waals surface area contributed by atoms with Crippen molar-refractivity contribution in [2.24, 2.45) is 5.73 Å². The van der Waals surface area contributed by atoms with Crippen LogP contribution in [-0.2, 0) is 4.79 Å². The van der Waals surface area contributed by atoms with Gasteiger partial charge in [0.25, 0.3) is 5.95 Å². The molecule has 0 amide bonds. The number of aliphatic hydroxyl groups is 1. The maximum Gasteiger partial charge on any atom is 0.350 e. The number of carbonyl (C=O) groups excluding carboxylic acids is 1. The molecule has 0 bridgehead atoms. The number of ether oxygens (including phenoxy) is 3. The lowest BCUT2D eigenvalue weighted by molar-refractivity contribution is -0.131. The van der Waals surface area contributed by atoms with E-state index < -0.39 is 23.5 Å². The largest absolute Gasteiger partial charge is 0.497 e. The number of anilines is 1. The predicted octanol–water partition coefficient (Wildman–Crippen LogP) is 1.67. The molecule has 0 unspecified atom stereocenters. The number of H-pyrrole nitrogens is 1. The van der Waals surface area contributed by atoms with Crippen LogP contribution < -0.4 is 31.0 Å². The SMILES string of the molecule is COc1cc(OCCCO)c(F)c([C@H](Nc2ccc(C(=N)N)c(OC(C)=O)c2)c2nn(-c3ncccn3)c(=O)[nH]2)c1. The van der Waals surface area contributed by atoms with Crippen LogP contribution in [0.4, 0.5) is 10.1 Å². The number of nitrogens with one attached hydrogen (secondary N) is 3. The molecule has 0 saturated carbocycles. The quantitative estimate of drug-likeness (QED) is 0.0548. The monoisotopic (exact) mass is 566 g/mol. The van der Waals surface area contributed by atoms with E-state index in [9.17, 15) is 9.59 Å². The van der Waals surface area contributed by atoms with E-state index in [0.717, 1.165) is 4.68 Å². The summed E-state index contributed by atoms with van der Waals surface area (Å²) in [5.74, 6) is -1.72. The van der Waals surface area contributed by atoms with Crippen molar-refractivity contribution in [3.63, 3.8) is 0 Å². The van der Waals surface area contributed by atoms with E-state index in [0.29, 0.717) is 5.69 Å². The predicted molar refractivity (Wildman–Crippen MR) is 144 cm³/mol. The lowest BCUT2D eigenvalue weighted by Crippen LogP contribution is -2.18. The minimum Gasteiger partial charge on any atom is -0.497 e. The first-order valence-electron chi connectivity index (χ1n) is 12.2. The maximum atomic E-state index is 16.0. The van der Waals surface area contributed by atoms with Gasteiger partial charge in [0.2, 0.25) is 0 Å². The number of nitrogens with zero attached hydrogens (tertiary/aromatic N) is 4. The molecule has 0 fully saturated rings. The molecule has 1 atom stereocenters. The number of hydrogen-bond donors (Lipinski definition) is 5. The van der Waals surface area contributed by atoms with Crippen molar-refractivity contribution in [3.05, 3.63) is 82.0 Å². The van der Waals surface area contributed by atoms with Gasteiger partial charge in [0.15, 0.2) is 17.4 Å². The molecule has 4 aromatic rings. The lowest BCUT2D eigenvalue weighted by Gasteiger charge is -2.21. The summed E-state index contributed by atoms with van der Waals surface area (Å²) in [6.45, 7) is 1.08. The van der Waals surface area contributed by atoms with Gasteiger partial charge in [0.1, 0.15) is 23.4 Å². The van der Waals surface area contributed by atoms with E-state index in [1.807, 2.05) is 0 Å². The third-order valence-corrected chi connectivity index (χ3v) is 5.63. The van der Waals surface area contributed by atoms with Gasteiger partial charge in [-0.05, 0) is 24.3 Å². The number of benzene rings is 2. The second-order valence-corrected chi connectivity index (χ2v) is 8.53. The van der Waals surface area contributed by atoms with Crippen LogP contribution in [0.2, 0.25) is 0 Å². The second-order valence-electron chi connectivity index (χ2n) is 8.53. The molecule has 0 aliphatic heterocycles. The standard InChI is InChI=1S/C26H27FN8O6/c1-14(37)41-19-11-15(5-6-17(19)23(28)29)32-22(24-33-26(38)35(34-24)25-30-7-3-8-31-25)18-12-16(39-2)13-20(21(18)27)40-10-4-9-36/h3,5-8,11-13,22,32,36H,4,9-10H2,1-2H3,(H3,28,29)(H,33,34,38)/t22-/m0/s1. The Labute approximate surface area is 232 Å². The smallest absolute Gasteiger partial charge is 0.350 e. The normalized spacial score (nSPS) is 11.5. The zero-order valence-electron chi connectivity index (χ0n) is 22.1. The number of esters is 1. The Morgan fingerprint density at radius 2 is 2.00 bits per heavy atom. The lowest BCUT2D eigenvalue weighted by atomic mass is 10.0. The molecule has 14 nitrogen and oxygen atoms in total. The Morgan fingerprint density at radius 3 is 2.66 bits per heavy atom. The number of rotatable bonds is 12. The first-order valence-corrected chi connectivity index (χ1v) is 12.2. The fourth-order valence-corrected chi connectivity index (χ4v) is 3.81. The number of hydrogen-bond acceptors (Lipinski definition) is 11. The molecule has 15 heteroatoms. The number of aliphatic hydroxyl groups excluding tert-OH is 1. The molecule has 2 aromatic heterocycles. The molecule has 2 aromatic carbocycles. The van der Waals surface area contributed by atoms with Crippen molar-refractivity contribution in [3.8, 4) is 23.2 Å². The molecule has 0 spiro atoms. The van der Waals surface area contributed by atoms with Gasteiger partial charge in [0, 0.05) is 55.7 Å². The number of nitrogens with two attached hydrogens (primary N) is 1. The minimum atomic E-state index is -1.17. The Morgan fingerprint density at radius 1 is 1.24 bits per heavy atom. The van der Waals surface area contributed by atoms with Crippen LogP contribution in [0.5, 0.6) is 17.2 Å². The van der Waals surface area contributed by atoms with Crippen LogP contribution in [-0.4, -0.2) is 62.0 Å². The average molecular weight is 567 g/mol. The van der Waals surface area contributed by atoms with Crippen molar-refractivity contribution in [1.82, 2.24) is 24.7 Å². The summed E-state index contributed by atoms with van der Waals surface area (Å²) in [5, 5.41) is 24.3. The third kappa shape index (κ3) is 6.65. The van der Waals surface area contributed by atoms with E-state index in [1.54, 1.807) is 6.07 Å². The van der Waals surface area contributed by atoms with Crippen molar-refractivity contribution in [2.45, 2.75) is 19.4 Å². The van der Waals surface area contributed by atoms with Crippen LogP contribution >= 0.6 is 0 Å². The van der Waals surface area contributed by atoms with E-state index in [-0.39, 0.29) is 65.6 Å². The van der Waals surface area contributed by atoms with Crippen molar-refractivity contribution < 1.29 is 28.5 Å². The third-order valence-electron chi connectivity index (χ3n) is 5.63. The number of methoxy groups -OCH3 is 1. The summed E-state index contributed by atoms with van der Waals surface area (Å²) in [4.78, 5) is 35.2. The summed E-state index contributed by atoms with van der Waals surface area (Å²) >= 11 is 0. The number of aromatic nitrogens is 5. The van der Waals surface area contributed by atoms with Crippen LogP contribution in [0.3, 0.4) is 0 Å². The van der Waals surface area contributed by atoms with Gasteiger partial charge >= 0.3 is 11.7 Å². The molecule has 6 N–H and O–H groups in total. The van der Waals surface area contributed by atoms with Crippen molar-refractivity contribution in [1.29, 1.82) is 5.41 Å². The molecule has 0 saturated heterocycles. The highest BCUT2D eigenvalue weighted by Crippen LogP contribution is 2.36. The van der Waals surface area contributed by atoms with Crippen LogP contribution in [0, 0.1) is 11.2 Å². The Hall–Kier alpha value is -5.31. The fraction of sp³-hybridized carbons (Fsp3) is 0.231. The van der Waals surface area contributed by atoms with E-state index in [1.165, 1.54) is 56.8 Å². The first kappa shape index (κ1) is 28.7. The molecule has 0 aliphatic rings. The zero-order valence-corrected chi connectivity index (χ0v) is 22.1. The van der Waals surface area contributed by atoms with Crippen molar-refractivity contribution in [2.75, 3.05) is 25.6 Å². The van der Waals surface area contributed by atoms with Crippen LogP contribution in [0.25, 0.3) is 5.95 Å². The summed E-state index contributed by atoms with van der Waals surface area (Å²) in [6, 6.07) is 7.54. The summed E-state index contributed by atoms with van der Waals surface area (Å²) < 4.78 is 33.0. The molecule has 0 aliphatic carbocycles. The van der Waals surface area contributed by atoms with Gasteiger partial charge in [-0.2, -0.15) is 0 Å². The number of halogens is 1. The molecular weight excluding hydrogens is 539 g/mol. The zero-order chi connectivity index (χ0) is 29.5. The van der Waals surface area contributed by atoms with Crippen LogP contribution in [0.15, 0.2) is 53.6 Å². The topological polar surface area (TPSA) is 203 Å². The van der Waals surface area contributed by atoms with E-state index >= 15 is 4.39 Å². The van der Waals surface area contributed by atoms with Crippen LogP contribution in [0.1, 0.15) is 36.3 Å². The average Bonchev–Trinajstić information content (AvgIpc) is 3.34. The van der Waals surface area contributed by atoms with E-state index in [2.05, 4.69) is 25.4 Å². The second kappa shape index (κ2) is 12.7. The number of nitrogen functional groups attached to an aromatic ring is 1. The number of carbonyl (C=O) groups is 1. The summed E-state index contributed by atoms with van der Waals surface area (Å²) in [7, 11) is 1.39. The molecule has 2 heterocycles. The Balaban J connectivity index is 1.86. The van der Waals surface area contributed by atoms with E-state index in [4.69, 9.17) is 30.5 Å². The Bertz CT molecular complexity index is 1610. The number of aromatic amines is 1. The highest BCUT2D eigenvalue weighted by molar-refractivity contribution is 5.98. The minimum absolute atomic E-state index is 0.00963. The summed E-state index contributed by atoms with van der Waals surface area (Å²) in [6.07, 6.45) is 3.14. The van der Waals surface area contributed by atoms with Gasteiger partial charge in [-0.15, -0.1) is 9.78 Å². The highest BCUT2D eigenvalue weighted by Gasteiger charge is 2.27.